The number of rotatable bonds is 11. The van der Waals surface area contributed by atoms with Crippen LogP contribution < -0.4 is 10.6 Å². The molecule has 0 aromatic heterocycles. The molecule has 1 atom stereocenters. The maximum absolute atomic E-state index is 5.82. The molecule has 26 heavy (non-hydrogen) atoms. The van der Waals surface area contributed by atoms with E-state index < -0.39 is 0 Å². The number of likely N-dealkylation sites (tertiary alicyclic amines) is 1. The lowest BCUT2D eigenvalue weighted by Crippen LogP contribution is -2.39. The van der Waals surface area contributed by atoms with E-state index in [1.54, 1.807) is 0 Å². The van der Waals surface area contributed by atoms with E-state index in [2.05, 4.69) is 50.2 Å². The van der Waals surface area contributed by atoms with Crippen molar-refractivity contribution in [1.82, 2.24) is 15.5 Å². The Balaban J connectivity index is 0.00000625. The molecule has 1 aliphatic rings. The molecule has 0 spiro atoms. The third-order valence-electron chi connectivity index (χ3n) is 5.15. The highest BCUT2D eigenvalue weighted by molar-refractivity contribution is 14.0. The summed E-state index contributed by atoms with van der Waals surface area (Å²) < 4.78 is 5.82. The van der Waals surface area contributed by atoms with Crippen LogP contribution in [-0.4, -0.2) is 62.8 Å². The Kier molecular flexibility index (Phi) is 15.9. The van der Waals surface area contributed by atoms with Crippen molar-refractivity contribution in [2.24, 2.45) is 16.8 Å². The lowest BCUT2D eigenvalue weighted by molar-refractivity contribution is 0.0258. The summed E-state index contributed by atoms with van der Waals surface area (Å²) in [5.74, 6) is 2.35. The van der Waals surface area contributed by atoms with Gasteiger partial charge in [0.2, 0.25) is 0 Å². The predicted octanol–water partition coefficient (Wildman–Crippen LogP) is 3.73. The molecule has 0 amide bonds. The fourth-order valence-corrected chi connectivity index (χ4v) is 3.45. The van der Waals surface area contributed by atoms with E-state index in [0.717, 1.165) is 44.5 Å². The third-order valence-corrected chi connectivity index (χ3v) is 5.15. The molecule has 0 saturated carbocycles. The number of halogens is 1. The summed E-state index contributed by atoms with van der Waals surface area (Å²) in [6.07, 6.45) is 5.21. The fraction of sp³-hybridized carbons (Fsp3) is 0.950. The number of nitrogens with one attached hydrogen (secondary N) is 2. The number of hydrogen-bond donors (Lipinski definition) is 2. The summed E-state index contributed by atoms with van der Waals surface area (Å²) in [4.78, 5) is 7.32. The number of hydrogen-bond acceptors (Lipinski definition) is 3. The zero-order chi connectivity index (χ0) is 18.5. The van der Waals surface area contributed by atoms with Gasteiger partial charge in [-0.25, -0.2) is 0 Å². The lowest BCUT2D eigenvalue weighted by atomic mass is 9.94. The first-order valence-electron chi connectivity index (χ1n) is 10.5. The minimum absolute atomic E-state index is 0. The van der Waals surface area contributed by atoms with E-state index in [1.165, 1.54) is 38.9 Å². The fourth-order valence-electron chi connectivity index (χ4n) is 3.45. The predicted molar refractivity (Wildman–Crippen MR) is 124 cm³/mol. The minimum atomic E-state index is 0. The molecule has 156 valence electrons. The normalized spacial score (nSPS) is 17.8. The highest BCUT2D eigenvalue weighted by Crippen LogP contribution is 2.20. The first-order chi connectivity index (χ1) is 12.1. The number of ether oxygens (including phenoxy) is 1. The van der Waals surface area contributed by atoms with Crippen LogP contribution in [-0.2, 0) is 4.74 Å². The highest BCUT2D eigenvalue weighted by atomic mass is 127. The van der Waals surface area contributed by atoms with Gasteiger partial charge in [0.25, 0.3) is 0 Å². The Bertz CT molecular complexity index is 358. The SMILES string of the molecule is CCNC(=NCCC1CCN(CC)CC1)NCCC(OCC)C(C)C.I. The van der Waals surface area contributed by atoms with Crippen LogP contribution in [0, 0.1) is 11.8 Å². The van der Waals surface area contributed by atoms with Crippen molar-refractivity contribution < 1.29 is 4.74 Å². The largest absolute Gasteiger partial charge is 0.378 e. The van der Waals surface area contributed by atoms with Gasteiger partial charge in [-0.3, -0.25) is 4.99 Å². The lowest BCUT2D eigenvalue weighted by Gasteiger charge is -2.30. The van der Waals surface area contributed by atoms with Gasteiger partial charge in [-0.1, -0.05) is 20.8 Å². The van der Waals surface area contributed by atoms with Crippen LogP contribution in [0.15, 0.2) is 4.99 Å². The van der Waals surface area contributed by atoms with Gasteiger partial charge in [0.15, 0.2) is 5.96 Å². The Labute approximate surface area is 179 Å². The molecule has 1 rings (SSSR count). The number of aliphatic imine (C=N–C) groups is 1. The molecule has 5 nitrogen and oxygen atoms in total. The van der Waals surface area contributed by atoms with Gasteiger partial charge in [0, 0.05) is 26.2 Å². The monoisotopic (exact) mass is 482 g/mol. The summed E-state index contributed by atoms with van der Waals surface area (Å²) in [6.45, 7) is 18.1. The molecule has 0 aliphatic carbocycles. The molecular weight excluding hydrogens is 439 g/mol. The standard InChI is InChI=1S/C20H42N4O.HI/c1-6-21-20(23-14-10-19(17(4)5)25-8-3)22-13-9-18-11-15-24(7-2)16-12-18;/h17-19H,6-16H2,1-5H3,(H2,21,22,23);1H. The molecule has 1 heterocycles. The van der Waals surface area contributed by atoms with Crippen LogP contribution in [0.5, 0.6) is 0 Å². The molecule has 0 aromatic carbocycles. The van der Waals surface area contributed by atoms with Crippen molar-refractivity contribution in [3.8, 4) is 0 Å². The smallest absolute Gasteiger partial charge is 0.191 e. The van der Waals surface area contributed by atoms with E-state index in [1.807, 2.05) is 0 Å². The molecule has 1 unspecified atom stereocenters. The van der Waals surface area contributed by atoms with Crippen LogP contribution >= 0.6 is 24.0 Å². The Hall–Kier alpha value is -0.0800. The van der Waals surface area contributed by atoms with Gasteiger partial charge in [0.05, 0.1) is 6.10 Å². The van der Waals surface area contributed by atoms with Crippen molar-refractivity contribution >= 4 is 29.9 Å². The summed E-state index contributed by atoms with van der Waals surface area (Å²) in [5.41, 5.74) is 0. The maximum atomic E-state index is 5.82. The zero-order valence-electron chi connectivity index (χ0n) is 17.7. The van der Waals surface area contributed by atoms with Crippen molar-refractivity contribution in [2.75, 3.05) is 45.9 Å². The Morgan fingerprint density at radius 1 is 1.15 bits per heavy atom. The average Bonchev–Trinajstić information content (AvgIpc) is 2.61. The van der Waals surface area contributed by atoms with Gasteiger partial charge in [-0.2, -0.15) is 0 Å². The molecule has 1 aliphatic heterocycles. The summed E-state index contributed by atoms with van der Waals surface area (Å²) in [5, 5.41) is 6.83. The minimum Gasteiger partial charge on any atom is -0.378 e. The molecule has 0 aromatic rings. The average molecular weight is 482 g/mol. The van der Waals surface area contributed by atoms with Gasteiger partial charge in [-0.15, -0.1) is 24.0 Å². The first kappa shape index (κ1) is 25.9. The maximum Gasteiger partial charge on any atom is 0.191 e. The molecule has 0 radical (unpaired) electrons. The number of guanidine groups is 1. The topological polar surface area (TPSA) is 48.9 Å². The Morgan fingerprint density at radius 2 is 1.85 bits per heavy atom. The second-order valence-electron chi connectivity index (χ2n) is 7.38. The van der Waals surface area contributed by atoms with Crippen LogP contribution in [0.2, 0.25) is 0 Å². The summed E-state index contributed by atoms with van der Waals surface area (Å²) in [6, 6.07) is 0. The molecule has 1 saturated heterocycles. The first-order valence-corrected chi connectivity index (χ1v) is 10.5. The van der Waals surface area contributed by atoms with Gasteiger partial charge >= 0.3 is 0 Å². The van der Waals surface area contributed by atoms with E-state index in [-0.39, 0.29) is 24.0 Å². The van der Waals surface area contributed by atoms with Crippen LogP contribution in [0.25, 0.3) is 0 Å². The third kappa shape index (κ3) is 10.9. The molecule has 6 heteroatoms. The number of piperidine rings is 1. The van der Waals surface area contributed by atoms with Crippen LogP contribution in [0.4, 0.5) is 0 Å². The second-order valence-corrected chi connectivity index (χ2v) is 7.38. The quantitative estimate of drug-likeness (QED) is 0.268. The Morgan fingerprint density at radius 3 is 2.38 bits per heavy atom. The van der Waals surface area contributed by atoms with Crippen LogP contribution in [0.3, 0.4) is 0 Å². The van der Waals surface area contributed by atoms with Gasteiger partial charge in [0.1, 0.15) is 0 Å². The molecule has 2 N–H and O–H groups in total. The van der Waals surface area contributed by atoms with Crippen molar-refractivity contribution in [2.45, 2.75) is 66.4 Å². The van der Waals surface area contributed by atoms with Gasteiger partial charge < -0.3 is 20.3 Å². The zero-order valence-corrected chi connectivity index (χ0v) is 20.1. The molecular formula is C20H43IN4O. The van der Waals surface area contributed by atoms with Gasteiger partial charge in [-0.05, 0) is 71.0 Å². The van der Waals surface area contributed by atoms with E-state index in [0.29, 0.717) is 12.0 Å². The highest BCUT2D eigenvalue weighted by Gasteiger charge is 2.17. The van der Waals surface area contributed by atoms with E-state index >= 15 is 0 Å². The van der Waals surface area contributed by atoms with Crippen LogP contribution in [0.1, 0.15) is 60.3 Å². The second kappa shape index (κ2) is 15.9. The van der Waals surface area contributed by atoms with Crippen molar-refractivity contribution in [3.05, 3.63) is 0 Å². The van der Waals surface area contributed by atoms with E-state index in [4.69, 9.17) is 9.73 Å². The summed E-state index contributed by atoms with van der Waals surface area (Å²) >= 11 is 0. The molecule has 0 bridgehead atoms. The van der Waals surface area contributed by atoms with Crippen molar-refractivity contribution in [3.63, 3.8) is 0 Å². The van der Waals surface area contributed by atoms with Crippen molar-refractivity contribution in [1.29, 1.82) is 0 Å². The van der Waals surface area contributed by atoms with E-state index in [9.17, 15) is 0 Å². The molecule has 1 fully saturated rings. The summed E-state index contributed by atoms with van der Waals surface area (Å²) in [7, 11) is 0. The number of nitrogens with zero attached hydrogens (tertiary/aromatic N) is 2.